The molecule has 2 heterocycles. The number of nitrogens with zero attached hydrogens (tertiary/aromatic N) is 3. The molecule has 2 N–H and O–H groups in total. The molecule has 32 heavy (non-hydrogen) atoms. The minimum atomic E-state index is -0.658. The lowest BCUT2D eigenvalue weighted by atomic mass is 9.94. The highest BCUT2D eigenvalue weighted by Crippen LogP contribution is 2.37. The molecule has 1 aromatic carbocycles. The van der Waals surface area contributed by atoms with Crippen molar-refractivity contribution < 1.29 is 14.3 Å². The fraction of sp³-hybridized carbons (Fsp3) is 0.375. The number of esters is 1. The second kappa shape index (κ2) is 9.30. The average Bonchev–Trinajstić information content (AvgIpc) is 2.77. The van der Waals surface area contributed by atoms with Gasteiger partial charge in [0.1, 0.15) is 11.3 Å². The fourth-order valence-electron chi connectivity index (χ4n) is 3.70. The summed E-state index contributed by atoms with van der Waals surface area (Å²) >= 11 is 0. The second-order valence-corrected chi connectivity index (χ2v) is 8.17. The third kappa shape index (κ3) is 4.26. The minimum Gasteiger partial charge on any atom is -0.496 e. The van der Waals surface area contributed by atoms with Gasteiger partial charge < -0.3 is 20.2 Å². The van der Waals surface area contributed by atoms with Gasteiger partial charge in [0.05, 0.1) is 26.5 Å². The van der Waals surface area contributed by atoms with Crippen LogP contribution in [0.3, 0.4) is 0 Å². The van der Waals surface area contributed by atoms with Gasteiger partial charge in [0.15, 0.2) is 5.43 Å². The Morgan fingerprint density at radius 1 is 1.16 bits per heavy atom. The van der Waals surface area contributed by atoms with Gasteiger partial charge in [-0.15, -0.1) is 0 Å². The highest BCUT2D eigenvalue weighted by atomic mass is 16.5. The van der Waals surface area contributed by atoms with E-state index in [0.29, 0.717) is 18.0 Å². The van der Waals surface area contributed by atoms with Crippen molar-refractivity contribution in [2.24, 2.45) is 10.7 Å². The molecule has 2 aromatic rings. The van der Waals surface area contributed by atoms with Crippen molar-refractivity contribution >= 4 is 17.8 Å². The number of rotatable bonds is 6. The van der Waals surface area contributed by atoms with Crippen molar-refractivity contribution in [2.75, 3.05) is 19.2 Å². The molecule has 0 aliphatic carbocycles. The lowest BCUT2D eigenvalue weighted by molar-refractivity contribution is 0.0598. The number of allylic oxidation sites excluding steroid dienone is 1. The first-order chi connectivity index (χ1) is 15.2. The number of carbonyl (C=O) groups is 1. The molecule has 0 atom stereocenters. The zero-order valence-electron chi connectivity index (χ0n) is 19.4. The molecule has 0 saturated carbocycles. The Labute approximate surface area is 187 Å². The molecule has 8 heteroatoms. The highest BCUT2D eigenvalue weighted by molar-refractivity contribution is 6.11. The quantitative estimate of drug-likeness (QED) is 0.550. The molecule has 0 unspecified atom stereocenters. The van der Waals surface area contributed by atoms with Crippen LogP contribution in [0.2, 0.25) is 0 Å². The van der Waals surface area contributed by atoms with E-state index in [9.17, 15) is 9.59 Å². The van der Waals surface area contributed by atoms with Gasteiger partial charge in [0, 0.05) is 53.5 Å². The van der Waals surface area contributed by atoms with Crippen LogP contribution >= 0.6 is 0 Å². The number of aliphatic imine (C=N–C) groups is 1. The Hall–Kier alpha value is -3.55. The van der Waals surface area contributed by atoms with E-state index in [1.807, 2.05) is 30.7 Å². The van der Waals surface area contributed by atoms with Gasteiger partial charge in [0.25, 0.3) is 0 Å². The monoisotopic (exact) mass is 438 g/mol. The van der Waals surface area contributed by atoms with Gasteiger partial charge in [0.2, 0.25) is 0 Å². The van der Waals surface area contributed by atoms with Gasteiger partial charge in [-0.25, -0.2) is 4.79 Å². The first kappa shape index (κ1) is 23.1. The fourth-order valence-corrected chi connectivity index (χ4v) is 3.70. The lowest BCUT2D eigenvalue weighted by Crippen LogP contribution is -2.44. The molecule has 1 aliphatic rings. The summed E-state index contributed by atoms with van der Waals surface area (Å²) in [5, 5.41) is 2.08. The molecule has 0 fully saturated rings. The number of carbonyl (C=O) groups excluding carboxylic acids is 1. The Morgan fingerprint density at radius 3 is 2.44 bits per heavy atom. The van der Waals surface area contributed by atoms with E-state index in [0.717, 1.165) is 22.3 Å². The number of fused-ring (bicyclic) bond motifs is 3. The van der Waals surface area contributed by atoms with Crippen LogP contribution in [0.5, 0.6) is 5.75 Å². The van der Waals surface area contributed by atoms with Gasteiger partial charge in [-0.1, -0.05) is 0 Å². The number of hydrogen-bond donors (Lipinski definition) is 1. The summed E-state index contributed by atoms with van der Waals surface area (Å²) in [6, 6.07) is 5.63. The molecule has 0 amide bonds. The normalized spacial score (nSPS) is 13.5. The van der Waals surface area contributed by atoms with Gasteiger partial charge in [-0.3, -0.25) is 14.5 Å². The molecule has 1 aliphatic heterocycles. The van der Waals surface area contributed by atoms with E-state index >= 15 is 0 Å². The predicted molar refractivity (Wildman–Crippen MR) is 127 cm³/mol. The number of ether oxygens (including phenoxy) is 2. The zero-order valence-corrected chi connectivity index (χ0v) is 19.4. The Kier molecular flexibility index (Phi) is 6.72. The van der Waals surface area contributed by atoms with Crippen LogP contribution in [0, 0.1) is 0 Å². The maximum Gasteiger partial charge on any atom is 0.343 e. The molecule has 8 nitrogen and oxygen atoms in total. The highest BCUT2D eigenvalue weighted by Gasteiger charge is 2.27. The summed E-state index contributed by atoms with van der Waals surface area (Å²) in [6.45, 7) is 8.66. The predicted octanol–water partition coefficient (Wildman–Crippen LogP) is 2.95. The van der Waals surface area contributed by atoms with E-state index in [4.69, 9.17) is 15.2 Å². The number of benzene rings is 1. The summed E-state index contributed by atoms with van der Waals surface area (Å²) in [7, 11) is 2.86. The molecule has 1 aromatic heterocycles. The van der Waals surface area contributed by atoms with E-state index in [2.05, 4.69) is 23.8 Å². The Bertz CT molecular complexity index is 1150. The third-order valence-electron chi connectivity index (χ3n) is 5.35. The maximum atomic E-state index is 12.7. The third-order valence-corrected chi connectivity index (χ3v) is 5.35. The minimum absolute atomic E-state index is 0.00724. The molecule has 0 radical (unpaired) electrons. The number of aromatic nitrogens is 1. The molecule has 0 bridgehead atoms. The SMILES string of the molecule is COC(=O)c1cn2c(cc1=O)-c1cc(OC)c(C(C=NC(C)C)=CN)cc1CN2C(C)C. The number of pyridine rings is 1. The first-order valence-electron chi connectivity index (χ1n) is 10.5. The summed E-state index contributed by atoms with van der Waals surface area (Å²) in [6.07, 6.45) is 4.81. The number of hydrogen-bond acceptors (Lipinski definition) is 7. The topological polar surface area (TPSA) is 99.1 Å². The van der Waals surface area contributed by atoms with Crippen molar-refractivity contribution in [2.45, 2.75) is 46.3 Å². The number of methoxy groups -OCH3 is 2. The van der Waals surface area contributed by atoms with Crippen molar-refractivity contribution in [3.05, 3.63) is 57.5 Å². The zero-order chi connectivity index (χ0) is 23.6. The number of nitrogens with two attached hydrogens (primary N) is 1. The molecule has 170 valence electrons. The summed E-state index contributed by atoms with van der Waals surface area (Å²) < 4.78 is 12.3. The van der Waals surface area contributed by atoms with Crippen LogP contribution in [0.1, 0.15) is 49.2 Å². The van der Waals surface area contributed by atoms with Crippen LogP contribution in [0.4, 0.5) is 0 Å². The second-order valence-electron chi connectivity index (χ2n) is 8.17. The smallest absolute Gasteiger partial charge is 0.343 e. The van der Waals surface area contributed by atoms with Crippen molar-refractivity contribution in [1.82, 2.24) is 4.68 Å². The van der Waals surface area contributed by atoms with Crippen LogP contribution in [-0.4, -0.2) is 43.2 Å². The van der Waals surface area contributed by atoms with Crippen LogP contribution in [-0.2, 0) is 11.3 Å². The summed E-state index contributed by atoms with van der Waals surface area (Å²) in [5.41, 5.74) is 9.63. The van der Waals surface area contributed by atoms with Crippen LogP contribution in [0.15, 0.2) is 40.4 Å². The van der Waals surface area contributed by atoms with Crippen molar-refractivity contribution in [1.29, 1.82) is 0 Å². The Morgan fingerprint density at radius 2 is 1.88 bits per heavy atom. The van der Waals surface area contributed by atoms with Crippen molar-refractivity contribution in [3.8, 4) is 17.0 Å². The van der Waals surface area contributed by atoms with Gasteiger partial charge in [-0.2, -0.15) is 0 Å². The average molecular weight is 439 g/mol. The maximum absolute atomic E-state index is 12.7. The van der Waals surface area contributed by atoms with Gasteiger partial charge in [-0.05, 0) is 45.4 Å². The molecule has 0 spiro atoms. The van der Waals surface area contributed by atoms with Crippen molar-refractivity contribution in [3.63, 3.8) is 0 Å². The largest absolute Gasteiger partial charge is 0.496 e. The van der Waals surface area contributed by atoms with E-state index in [1.165, 1.54) is 19.4 Å². The van der Waals surface area contributed by atoms with E-state index in [-0.39, 0.29) is 17.6 Å². The molecule has 3 rings (SSSR count). The van der Waals surface area contributed by atoms with Crippen LogP contribution in [0.25, 0.3) is 16.8 Å². The van der Waals surface area contributed by atoms with E-state index < -0.39 is 11.4 Å². The lowest BCUT2D eigenvalue weighted by Gasteiger charge is -2.38. The molecule has 0 saturated heterocycles. The molecular formula is C24H30N4O4. The van der Waals surface area contributed by atoms with Gasteiger partial charge >= 0.3 is 5.97 Å². The summed E-state index contributed by atoms with van der Waals surface area (Å²) in [5.74, 6) is -0.0420. The van der Waals surface area contributed by atoms with E-state index in [1.54, 1.807) is 19.5 Å². The summed E-state index contributed by atoms with van der Waals surface area (Å²) in [4.78, 5) is 29.3. The Balaban J connectivity index is 2.25. The molecular weight excluding hydrogens is 408 g/mol. The first-order valence-corrected chi connectivity index (χ1v) is 10.5. The van der Waals surface area contributed by atoms with Crippen LogP contribution < -0.4 is 20.9 Å². The standard InChI is InChI=1S/C24H30N4O4/c1-14(2)26-11-17(10-25)19-7-16-12-27(15(3)4)28-13-20(24(30)32-6)22(29)9-21(28)18(16)8-23(19)31-5/h7-11,13-15H,12,25H2,1-6H3.